The molecule has 1 saturated heterocycles. The van der Waals surface area contributed by atoms with E-state index in [0.29, 0.717) is 24.8 Å². The molecule has 1 aromatic heterocycles. The van der Waals surface area contributed by atoms with Crippen molar-refractivity contribution in [2.24, 2.45) is 0 Å². The van der Waals surface area contributed by atoms with Gasteiger partial charge in [-0.05, 0) is 57.9 Å². The van der Waals surface area contributed by atoms with Crippen molar-refractivity contribution in [3.63, 3.8) is 0 Å². The molecule has 0 aliphatic carbocycles. The topological polar surface area (TPSA) is 68.5 Å². The minimum atomic E-state index is -0.471. The first-order valence-corrected chi connectivity index (χ1v) is 9.18. The third-order valence-electron chi connectivity index (χ3n) is 4.04. The summed E-state index contributed by atoms with van der Waals surface area (Å²) < 4.78 is 11.8. The standard InChI is InChI=1S/C18H22BrN3O3/c1-18(2,3)24-17(23)22-10-8-12(9-11-22)15-20-16(25-21-15)13-4-6-14(19)7-5-13/h4-7,12H,8-11H2,1-3H3. The van der Waals surface area contributed by atoms with Crippen LogP contribution in [-0.4, -0.2) is 39.8 Å². The van der Waals surface area contributed by atoms with Crippen molar-refractivity contribution < 1.29 is 14.1 Å². The zero-order chi connectivity index (χ0) is 18.0. The molecule has 3 rings (SSSR count). The van der Waals surface area contributed by atoms with Gasteiger partial charge in [-0.2, -0.15) is 4.98 Å². The molecule has 0 radical (unpaired) electrons. The molecule has 25 heavy (non-hydrogen) atoms. The molecule has 1 aromatic carbocycles. The Kier molecular flexibility index (Phi) is 5.13. The average molecular weight is 408 g/mol. The first kappa shape index (κ1) is 17.9. The predicted octanol–water partition coefficient (Wildman–Crippen LogP) is 4.61. The molecule has 0 saturated carbocycles. The van der Waals surface area contributed by atoms with E-state index >= 15 is 0 Å². The Balaban J connectivity index is 1.60. The monoisotopic (exact) mass is 407 g/mol. The van der Waals surface area contributed by atoms with Crippen LogP contribution in [-0.2, 0) is 4.74 Å². The van der Waals surface area contributed by atoms with Gasteiger partial charge in [0, 0.05) is 29.0 Å². The third-order valence-corrected chi connectivity index (χ3v) is 4.57. The maximum atomic E-state index is 12.1. The van der Waals surface area contributed by atoms with Gasteiger partial charge < -0.3 is 14.2 Å². The SMILES string of the molecule is CC(C)(C)OC(=O)N1CCC(c2noc(-c3ccc(Br)cc3)n2)CC1. The molecule has 0 unspecified atom stereocenters. The lowest BCUT2D eigenvalue weighted by atomic mass is 9.96. The quantitative estimate of drug-likeness (QED) is 0.726. The van der Waals surface area contributed by atoms with E-state index in [-0.39, 0.29) is 12.0 Å². The largest absolute Gasteiger partial charge is 0.444 e. The number of piperidine rings is 1. The highest BCUT2D eigenvalue weighted by molar-refractivity contribution is 9.10. The van der Waals surface area contributed by atoms with Crippen LogP contribution in [0.5, 0.6) is 0 Å². The average Bonchev–Trinajstić information content (AvgIpc) is 3.04. The van der Waals surface area contributed by atoms with Crippen molar-refractivity contribution >= 4 is 22.0 Å². The van der Waals surface area contributed by atoms with Crippen LogP contribution < -0.4 is 0 Å². The molecule has 0 spiro atoms. The second kappa shape index (κ2) is 7.15. The number of carbonyl (C=O) groups is 1. The van der Waals surface area contributed by atoms with Gasteiger partial charge in [0.25, 0.3) is 5.89 Å². The van der Waals surface area contributed by atoms with E-state index in [1.54, 1.807) is 4.90 Å². The number of benzene rings is 1. The zero-order valence-corrected chi connectivity index (χ0v) is 16.2. The number of rotatable bonds is 2. The van der Waals surface area contributed by atoms with Gasteiger partial charge in [-0.15, -0.1) is 0 Å². The maximum absolute atomic E-state index is 12.1. The van der Waals surface area contributed by atoms with Crippen molar-refractivity contribution in [1.82, 2.24) is 15.0 Å². The fourth-order valence-electron chi connectivity index (χ4n) is 2.76. The Hall–Kier alpha value is -1.89. The molecule has 7 heteroatoms. The Labute approximate surface area is 155 Å². The van der Waals surface area contributed by atoms with Crippen LogP contribution in [0.2, 0.25) is 0 Å². The van der Waals surface area contributed by atoms with Crippen LogP contribution in [0, 0.1) is 0 Å². The molecule has 2 heterocycles. The number of hydrogen-bond acceptors (Lipinski definition) is 5. The van der Waals surface area contributed by atoms with E-state index in [9.17, 15) is 4.79 Å². The predicted molar refractivity (Wildman–Crippen MR) is 97.2 cm³/mol. The summed E-state index contributed by atoms with van der Waals surface area (Å²) in [6, 6.07) is 7.76. The van der Waals surface area contributed by atoms with E-state index in [1.807, 2.05) is 45.0 Å². The summed E-state index contributed by atoms with van der Waals surface area (Å²) in [5.74, 6) is 1.44. The highest BCUT2D eigenvalue weighted by atomic mass is 79.9. The summed E-state index contributed by atoms with van der Waals surface area (Å²) in [5, 5.41) is 4.14. The first-order valence-electron chi connectivity index (χ1n) is 8.39. The van der Waals surface area contributed by atoms with Gasteiger partial charge in [-0.3, -0.25) is 0 Å². The minimum absolute atomic E-state index is 0.201. The lowest BCUT2D eigenvalue weighted by Crippen LogP contribution is -2.41. The second-order valence-corrected chi connectivity index (χ2v) is 8.12. The Morgan fingerprint density at radius 2 is 1.88 bits per heavy atom. The molecule has 1 amide bonds. The lowest BCUT2D eigenvalue weighted by Gasteiger charge is -2.32. The molecule has 1 aliphatic rings. The Morgan fingerprint density at radius 3 is 2.48 bits per heavy atom. The van der Waals surface area contributed by atoms with E-state index in [0.717, 1.165) is 22.9 Å². The second-order valence-electron chi connectivity index (χ2n) is 7.21. The summed E-state index contributed by atoms with van der Waals surface area (Å²) >= 11 is 3.41. The maximum Gasteiger partial charge on any atom is 0.410 e. The molecule has 6 nitrogen and oxygen atoms in total. The highest BCUT2D eigenvalue weighted by Crippen LogP contribution is 2.29. The van der Waals surface area contributed by atoms with E-state index in [1.165, 1.54) is 0 Å². The lowest BCUT2D eigenvalue weighted by molar-refractivity contribution is 0.0203. The molecular formula is C18H22BrN3O3. The summed E-state index contributed by atoms with van der Waals surface area (Å²) in [7, 11) is 0. The molecular weight excluding hydrogens is 386 g/mol. The third kappa shape index (κ3) is 4.60. The number of hydrogen-bond donors (Lipinski definition) is 0. The van der Waals surface area contributed by atoms with Crippen LogP contribution in [0.25, 0.3) is 11.5 Å². The van der Waals surface area contributed by atoms with Crippen molar-refractivity contribution in [3.8, 4) is 11.5 Å². The van der Waals surface area contributed by atoms with Crippen LogP contribution in [0.15, 0.2) is 33.3 Å². The summed E-state index contributed by atoms with van der Waals surface area (Å²) in [6.07, 6.45) is 1.35. The van der Waals surface area contributed by atoms with Gasteiger partial charge in [-0.1, -0.05) is 21.1 Å². The van der Waals surface area contributed by atoms with E-state index < -0.39 is 5.60 Å². The molecule has 134 valence electrons. The minimum Gasteiger partial charge on any atom is -0.444 e. The number of halogens is 1. The molecule has 0 N–H and O–H groups in total. The van der Waals surface area contributed by atoms with Gasteiger partial charge in [0.2, 0.25) is 0 Å². The molecule has 1 fully saturated rings. The molecule has 2 aromatic rings. The first-order chi connectivity index (χ1) is 11.8. The number of aromatic nitrogens is 2. The van der Waals surface area contributed by atoms with Crippen molar-refractivity contribution in [2.45, 2.75) is 45.1 Å². The van der Waals surface area contributed by atoms with E-state index in [4.69, 9.17) is 9.26 Å². The van der Waals surface area contributed by atoms with Crippen LogP contribution >= 0.6 is 15.9 Å². The zero-order valence-electron chi connectivity index (χ0n) is 14.7. The fourth-order valence-corrected chi connectivity index (χ4v) is 3.02. The Morgan fingerprint density at radius 1 is 1.24 bits per heavy atom. The van der Waals surface area contributed by atoms with E-state index in [2.05, 4.69) is 26.1 Å². The Bertz CT molecular complexity index is 729. The van der Waals surface area contributed by atoms with Crippen LogP contribution in [0.4, 0.5) is 4.79 Å². The van der Waals surface area contributed by atoms with Gasteiger partial charge in [-0.25, -0.2) is 4.79 Å². The summed E-state index contributed by atoms with van der Waals surface area (Å²) in [4.78, 5) is 18.4. The number of carbonyl (C=O) groups excluding carboxylic acids is 1. The molecule has 0 bridgehead atoms. The van der Waals surface area contributed by atoms with Crippen molar-refractivity contribution in [3.05, 3.63) is 34.6 Å². The van der Waals surface area contributed by atoms with Gasteiger partial charge in [0.15, 0.2) is 5.82 Å². The number of amides is 1. The summed E-state index contributed by atoms with van der Waals surface area (Å²) in [5.41, 5.74) is 0.425. The van der Waals surface area contributed by atoms with Gasteiger partial charge in [0.05, 0.1) is 0 Å². The smallest absolute Gasteiger partial charge is 0.410 e. The van der Waals surface area contributed by atoms with Crippen molar-refractivity contribution in [2.75, 3.05) is 13.1 Å². The summed E-state index contributed by atoms with van der Waals surface area (Å²) in [6.45, 7) is 6.91. The fraction of sp³-hybridized carbons (Fsp3) is 0.500. The number of nitrogens with zero attached hydrogens (tertiary/aromatic N) is 3. The normalized spacial score (nSPS) is 16.1. The molecule has 0 atom stereocenters. The molecule has 1 aliphatic heterocycles. The van der Waals surface area contributed by atoms with Crippen molar-refractivity contribution in [1.29, 1.82) is 0 Å². The number of ether oxygens (including phenoxy) is 1. The highest BCUT2D eigenvalue weighted by Gasteiger charge is 2.29. The van der Waals surface area contributed by atoms with Crippen LogP contribution in [0.1, 0.15) is 45.4 Å². The van der Waals surface area contributed by atoms with Gasteiger partial charge >= 0.3 is 6.09 Å². The number of likely N-dealkylation sites (tertiary alicyclic amines) is 1. The van der Waals surface area contributed by atoms with Gasteiger partial charge in [0.1, 0.15) is 5.60 Å². The van der Waals surface area contributed by atoms with Crippen LogP contribution in [0.3, 0.4) is 0 Å².